The molecular weight excluding hydrogens is 266 g/mol. The first-order valence-corrected chi connectivity index (χ1v) is 7.59. The van der Waals surface area contributed by atoms with E-state index in [9.17, 15) is 0 Å². The van der Waals surface area contributed by atoms with Crippen LogP contribution in [0.25, 0.3) is 11.5 Å². The summed E-state index contributed by atoms with van der Waals surface area (Å²) in [7, 11) is 0. The molecule has 2 saturated heterocycles. The van der Waals surface area contributed by atoms with Crippen molar-refractivity contribution in [1.82, 2.24) is 25.3 Å². The van der Waals surface area contributed by atoms with Crippen LogP contribution in [0, 0.1) is 5.92 Å². The van der Waals surface area contributed by atoms with Crippen molar-refractivity contribution in [2.24, 2.45) is 5.92 Å². The number of hydrogen-bond donors (Lipinski definition) is 1. The lowest BCUT2D eigenvalue weighted by molar-refractivity contribution is 0.104. The van der Waals surface area contributed by atoms with Crippen molar-refractivity contribution in [3.8, 4) is 11.5 Å². The van der Waals surface area contributed by atoms with Crippen LogP contribution in [0.15, 0.2) is 28.9 Å². The summed E-state index contributed by atoms with van der Waals surface area (Å²) in [6.45, 7) is 4.07. The Morgan fingerprint density at radius 2 is 2.33 bits per heavy atom. The van der Waals surface area contributed by atoms with E-state index in [1.807, 2.05) is 18.2 Å². The van der Waals surface area contributed by atoms with E-state index in [1.54, 1.807) is 6.20 Å². The third-order valence-electron chi connectivity index (χ3n) is 4.49. The summed E-state index contributed by atoms with van der Waals surface area (Å²) in [5, 5.41) is 7.54. The highest BCUT2D eigenvalue weighted by molar-refractivity contribution is 5.46. The van der Waals surface area contributed by atoms with Crippen molar-refractivity contribution < 1.29 is 4.52 Å². The zero-order chi connectivity index (χ0) is 14.1. The predicted octanol–water partition coefficient (Wildman–Crippen LogP) is 1.32. The first-order chi connectivity index (χ1) is 10.4. The number of nitrogens with zero attached hydrogens (tertiary/aromatic N) is 4. The van der Waals surface area contributed by atoms with Gasteiger partial charge in [-0.1, -0.05) is 11.2 Å². The Kier molecular flexibility index (Phi) is 3.40. The molecule has 6 heteroatoms. The van der Waals surface area contributed by atoms with Crippen LogP contribution >= 0.6 is 0 Å². The van der Waals surface area contributed by atoms with Gasteiger partial charge in [-0.3, -0.25) is 9.88 Å². The van der Waals surface area contributed by atoms with Gasteiger partial charge >= 0.3 is 0 Å². The van der Waals surface area contributed by atoms with E-state index >= 15 is 0 Å². The van der Waals surface area contributed by atoms with Crippen LogP contribution in [0.1, 0.15) is 18.7 Å². The number of likely N-dealkylation sites (tertiary alicyclic amines) is 1. The zero-order valence-electron chi connectivity index (χ0n) is 11.9. The van der Waals surface area contributed by atoms with E-state index in [0.717, 1.165) is 37.8 Å². The Morgan fingerprint density at radius 1 is 1.33 bits per heavy atom. The molecule has 0 radical (unpaired) electrons. The van der Waals surface area contributed by atoms with Crippen LogP contribution in [0.2, 0.25) is 0 Å². The molecular formula is C15H19N5O. The van der Waals surface area contributed by atoms with Gasteiger partial charge in [0.15, 0.2) is 0 Å². The number of hydrogen-bond acceptors (Lipinski definition) is 6. The molecule has 1 N–H and O–H groups in total. The highest BCUT2D eigenvalue weighted by atomic mass is 16.5. The monoisotopic (exact) mass is 285 g/mol. The van der Waals surface area contributed by atoms with E-state index < -0.39 is 0 Å². The van der Waals surface area contributed by atoms with Crippen LogP contribution in [-0.2, 0) is 6.54 Å². The smallest absolute Gasteiger partial charge is 0.241 e. The molecule has 6 nitrogen and oxygen atoms in total. The molecule has 2 aliphatic rings. The molecule has 2 aromatic rings. The first-order valence-electron chi connectivity index (χ1n) is 7.59. The lowest BCUT2D eigenvalue weighted by atomic mass is 9.92. The quantitative estimate of drug-likeness (QED) is 0.917. The van der Waals surface area contributed by atoms with Crippen LogP contribution in [0.3, 0.4) is 0 Å². The summed E-state index contributed by atoms with van der Waals surface area (Å²) in [6.07, 6.45) is 4.33. The largest absolute Gasteiger partial charge is 0.337 e. The highest BCUT2D eigenvalue weighted by Crippen LogP contribution is 2.27. The predicted molar refractivity (Wildman–Crippen MR) is 77.3 cm³/mol. The van der Waals surface area contributed by atoms with Crippen molar-refractivity contribution in [1.29, 1.82) is 0 Å². The molecule has 21 heavy (non-hydrogen) atoms. The Labute approximate surface area is 123 Å². The van der Waals surface area contributed by atoms with E-state index in [0.29, 0.717) is 17.8 Å². The number of fused-ring (bicyclic) bond motifs is 1. The average molecular weight is 285 g/mol. The molecule has 110 valence electrons. The molecule has 2 aromatic heterocycles. The fourth-order valence-electron chi connectivity index (χ4n) is 3.45. The lowest BCUT2D eigenvalue weighted by Gasteiger charge is -2.35. The number of aromatic nitrogens is 3. The van der Waals surface area contributed by atoms with Gasteiger partial charge < -0.3 is 9.84 Å². The van der Waals surface area contributed by atoms with Crippen molar-refractivity contribution in [2.45, 2.75) is 25.4 Å². The summed E-state index contributed by atoms with van der Waals surface area (Å²) in [5.74, 6) is 2.03. The standard InChI is InChI=1S/C15H19N5O/c1-2-6-17-12(5-1)15-18-14(21-19-15)10-20-7-3-4-11-8-16-9-13(11)20/h1-2,5-6,11,13,16H,3-4,7-10H2. The summed E-state index contributed by atoms with van der Waals surface area (Å²) in [6, 6.07) is 6.32. The maximum Gasteiger partial charge on any atom is 0.241 e. The van der Waals surface area contributed by atoms with Gasteiger partial charge in [0.1, 0.15) is 5.69 Å². The Balaban J connectivity index is 1.49. The van der Waals surface area contributed by atoms with Gasteiger partial charge in [-0.2, -0.15) is 4.98 Å². The van der Waals surface area contributed by atoms with E-state index in [1.165, 1.54) is 12.8 Å². The molecule has 0 amide bonds. The molecule has 4 rings (SSSR count). The first kappa shape index (κ1) is 12.9. The number of rotatable bonds is 3. The highest BCUT2D eigenvalue weighted by Gasteiger charge is 2.35. The fourth-order valence-corrected chi connectivity index (χ4v) is 3.45. The molecule has 0 saturated carbocycles. The van der Waals surface area contributed by atoms with Gasteiger partial charge in [-0.05, 0) is 44.0 Å². The van der Waals surface area contributed by atoms with Crippen molar-refractivity contribution >= 4 is 0 Å². The summed E-state index contributed by atoms with van der Waals surface area (Å²) in [4.78, 5) is 11.2. The van der Waals surface area contributed by atoms with Gasteiger partial charge in [-0.15, -0.1) is 0 Å². The number of nitrogens with one attached hydrogen (secondary N) is 1. The maximum atomic E-state index is 5.41. The Hall–Kier alpha value is -1.79. The topological polar surface area (TPSA) is 67.1 Å². The maximum absolute atomic E-state index is 5.41. The van der Waals surface area contributed by atoms with Crippen molar-refractivity contribution in [2.75, 3.05) is 19.6 Å². The minimum atomic E-state index is 0.573. The molecule has 0 aromatic carbocycles. The lowest BCUT2D eigenvalue weighted by Crippen LogP contribution is -2.44. The summed E-state index contributed by atoms with van der Waals surface area (Å²) in [5.41, 5.74) is 0.756. The summed E-state index contributed by atoms with van der Waals surface area (Å²) < 4.78 is 5.41. The zero-order valence-corrected chi connectivity index (χ0v) is 11.9. The van der Waals surface area contributed by atoms with Crippen LogP contribution in [0.4, 0.5) is 0 Å². The van der Waals surface area contributed by atoms with E-state index in [-0.39, 0.29) is 0 Å². The van der Waals surface area contributed by atoms with Crippen molar-refractivity contribution in [3.05, 3.63) is 30.3 Å². The second-order valence-corrected chi connectivity index (χ2v) is 5.83. The van der Waals surface area contributed by atoms with E-state index in [4.69, 9.17) is 4.52 Å². The minimum Gasteiger partial charge on any atom is -0.337 e. The van der Waals surface area contributed by atoms with Gasteiger partial charge in [0.25, 0.3) is 0 Å². The van der Waals surface area contributed by atoms with Gasteiger partial charge in [-0.25, -0.2) is 0 Å². The Morgan fingerprint density at radius 3 is 3.24 bits per heavy atom. The third kappa shape index (κ3) is 2.56. The molecule has 2 fully saturated rings. The second-order valence-electron chi connectivity index (χ2n) is 5.83. The van der Waals surface area contributed by atoms with Gasteiger partial charge in [0.2, 0.25) is 11.7 Å². The molecule has 2 atom stereocenters. The van der Waals surface area contributed by atoms with Crippen LogP contribution < -0.4 is 5.32 Å². The van der Waals surface area contributed by atoms with Crippen molar-refractivity contribution in [3.63, 3.8) is 0 Å². The Bertz CT molecular complexity index is 599. The number of pyridine rings is 1. The molecule has 2 unspecified atom stereocenters. The van der Waals surface area contributed by atoms with Gasteiger partial charge in [0.05, 0.1) is 6.54 Å². The van der Waals surface area contributed by atoms with Gasteiger partial charge in [0, 0.05) is 18.8 Å². The normalized spacial score (nSPS) is 25.9. The second kappa shape index (κ2) is 5.54. The molecule has 4 heterocycles. The van der Waals surface area contributed by atoms with Crippen LogP contribution in [-0.4, -0.2) is 45.7 Å². The number of piperidine rings is 1. The molecule has 0 aliphatic carbocycles. The molecule has 0 spiro atoms. The summed E-state index contributed by atoms with van der Waals surface area (Å²) >= 11 is 0. The molecule has 2 aliphatic heterocycles. The third-order valence-corrected chi connectivity index (χ3v) is 4.49. The molecule has 0 bridgehead atoms. The fraction of sp³-hybridized carbons (Fsp3) is 0.533. The average Bonchev–Trinajstić information content (AvgIpc) is 3.17. The van der Waals surface area contributed by atoms with Crippen LogP contribution in [0.5, 0.6) is 0 Å². The van der Waals surface area contributed by atoms with E-state index in [2.05, 4.69) is 25.3 Å². The SMILES string of the molecule is c1ccc(-c2noc(CN3CCCC4CNCC43)n2)nc1. The minimum absolute atomic E-state index is 0.573.